The summed E-state index contributed by atoms with van der Waals surface area (Å²) in [6.07, 6.45) is -0.609. The molecule has 0 aliphatic heterocycles. The zero-order valence-corrected chi connectivity index (χ0v) is 4.16. The van der Waals surface area contributed by atoms with Gasteiger partial charge in [-0.2, -0.15) is 0 Å². The van der Waals surface area contributed by atoms with Gasteiger partial charge in [0.15, 0.2) is 0 Å². The number of hydrogen-bond acceptors (Lipinski definition) is 3. The van der Waals surface area contributed by atoms with E-state index in [1.54, 1.807) is 0 Å². The van der Waals surface area contributed by atoms with Gasteiger partial charge in [-0.05, 0) is 0 Å². The Morgan fingerprint density at radius 2 is 2.38 bits per heavy atom. The van der Waals surface area contributed by atoms with Crippen molar-refractivity contribution >= 4 is 12.4 Å². The Morgan fingerprint density at radius 3 is 2.75 bits per heavy atom. The predicted octanol–water partition coefficient (Wildman–Crippen LogP) is 0.270. The zero-order valence-electron chi connectivity index (χ0n) is 4.16. The SMILES string of the molecule is O=CCCOC(=O)O. The molecule has 0 aromatic carbocycles. The standard InChI is InChI=1S/C4H6O4/c5-2-1-3-8-4(6)7/h2H,1,3H2,(H,6,7). The van der Waals surface area contributed by atoms with Gasteiger partial charge in [0.2, 0.25) is 0 Å². The van der Waals surface area contributed by atoms with E-state index >= 15 is 0 Å². The fourth-order valence-electron chi connectivity index (χ4n) is 0.194. The van der Waals surface area contributed by atoms with Crippen LogP contribution in [0.5, 0.6) is 0 Å². The summed E-state index contributed by atoms with van der Waals surface area (Å²) in [7, 11) is 0. The number of carbonyl (C=O) groups excluding carboxylic acids is 1. The molecule has 0 unspecified atom stereocenters. The Morgan fingerprint density at radius 1 is 1.75 bits per heavy atom. The molecule has 1 N–H and O–H groups in total. The van der Waals surface area contributed by atoms with Gasteiger partial charge >= 0.3 is 6.16 Å². The minimum Gasteiger partial charge on any atom is -0.450 e. The molecular formula is C4H6O4. The van der Waals surface area contributed by atoms with Crippen molar-refractivity contribution < 1.29 is 19.4 Å². The second-order valence-electron chi connectivity index (χ2n) is 1.07. The van der Waals surface area contributed by atoms with E-state index in [0.717, 1.165) is 0 Å². The summed E-state index contributed by atoms with van der Waals surface area (Å²) >= 11 is 0. The van der Waals surface area contributed by atoms with Crippen molar-refractivity contribution in [1.29, 1.82) is 0 Å². The van der Waals surface area contributed by atoms with E-state index in [0.29, 0.717) is 6.29 Å². The van der Waals surface area contributed by atoms with Crippen LogP contribution in [0, 0.1) is 0 Å². The molecule has 0 fully saturated rings. The molecule has 0 bridgehead atoms. The summed E-state index contributed by atoms with van der Waals surface area (Å²) in [5.41, 5.74) is 0. The molecule has 0 amide bonds. The van der Waals surface area contributed by atoms with Gasteiger partial charge in [0.25, 0.3) is 0 Å². The third-order valence-electron chi connectivity index (χ3n) is 0.461. The van der Waals surface area contributed by atoms with Crippen LogP contribution >= 0.6 is 0 Å². The van der Waals surface area contributed by atoms with Crippen LogP contribution in [0.25, 0.3) is 0 Å². The lowest BCUT2D eigenvalue weighted by Crippen LogP contribution is -2.01. The van der Waals surface area contributed by atoms with Crippen LogP contribution in [0.2, 0.25) is 0 Å². The van der Waals surface area contributed by atoms with Gasteiger partial charge in [-0.15, -0.1) is 0 Å². The van der Waals surface area contributed by atoms with Crippen molar-refractivity contribution in [2.24, 2.45) is 0 Å². The molecule has 0 aromatic heterocycles. The molecule has 0 aromatic rings. The lowest BCUT2D eigenvalue weighted by molar-refractivity contribution is -0.108. The normalized spacial score (nSPS) is 8.00. The van der Waals surface area contributed by atoms with E-state index in [4.69, 9.17) is 5.11 Å². The molecular weight excluding hydrogens is 112 g/mol. The van der Waals surface area contributed by atoms with Crippen molar-refractivity contribution in [3.63, 3.8) is 0 Å². The lowest BCUT2D eigenvalue weighted by atomic mass is 10.5. The lowest BCUT2D eigenvalue weighted by Gasteiger charge is -1.91. The summed E-state index contributed by atoms with van der Waals surface area (Å²) in [4.78, 5) is 19.0. The van der Waals surface area contributed by atoms with Gasteiger partial charge in [-0.3, -0.25) is 0 Å². The monoisotopic (exact) mass is 118 g/mol. The fraction of sp³-hybridized carbons (Fsp3) is 0.500. The molecule has 0 aliphatic rings. The molecule has 0 atom stereocenters. The second-order valence-corrected chi connectivity index (χ2v) is 1.07. The van der Waals surface area contributed by atoms with Gasteiger partial charge in [0.1, 0.15) is 12.9 Å². The Hall–Kier alpha value is -1.06. The van der Waals surface area contributed by atoms with E-state index in [9.17, 15) is 9.59 Å². The molecule has 46 valence electrons. The van der Waals surface area contributed by atoms with E-state index in [1.165, 1.54) is 0 Å². The van der Waals surface area contributed by atoms with Crippen LogP contribution < -0.4 is 0 Å². The molecule has 0 saturated carbocycles. The summed E-state index contributed by atoms with van der Waals surface area (Å²) in [6.45, 7) is -0.0428. The van der Waals surface area contributed by atoms with Crippen LogP contribution in [-0.2, 0) is 9.53 Å². The summed E-state index contributed by atoms with van der Waals surface area (Å²) in [5, 5.41) is 7.80. The molecule has 0 rings (SSSR count). The first-order valence-electron chi connectivity index (χ1n) is 2.06. The number of carbonyl (C=O) groups is 2. The van der Waals surface area contributed by atoms with Crippen molar-refractivity contribution in [3.05, 3.63) is 0 Å². The average Bonchev–Trinajstić information content (AvgIpc) is 1.66. The van der Waals surface area contributed by atoms with Gasteiger partial charge in [0, 0.05) is 6.42 Å². The second kappa shape index (κ2) is 4.11. The van der Waals surface area contributed by atoms with Crippen LogP contribution in [0.1, 0.15) is 6.42 Å². The maximum Gasteiger partial charge on any atom is 0.505 e. The molecule has 8 heavy (non-hydrogen) atoms. The van der Waals surface area contributed by atoms with Gasteiger partial charge in [0.05, 0.1) is 0 Å². The van der Waals surface area contributed by atoms with Crippen LogP contribution in [0.15, 0.2) is 0 Å². The van der Waals surface area contributed by atoms with Crippen molar-refractivity contribution in [2.45, 2.75) is 6.42 Å². The van der Waals surface area contributed by atoms with E-state index in [1.807, 2.05) is 0 Å². The highest BCUT2D eigenvalue weighted by atomic mass is 16.7. The predicted molar refractivity (Wildman–Crippen MR) is 24.7 cm³/mol. The van der Waals surface area contributed by atoms with Crippen molar-refractivity contribution in [2.75, 3.05) is 6.61 Å². The smallest absolute Gasteiger partial charge is 0.450 e. The Kier molecular flexibility index (Phi) is 3.56. The van der Waals surface area contributed by atoms with Crippen molar-refractivity contribution in [3.8, 4) is 0 Å². The maximum atomic E-state index is 9.54. The summed E-state index contributed by atoms with van der Waals surface area (Å²) in [5.74, 6) is 0. The minimum atomic E-state index is -1.34. The molecule has 0 heterocycles. The molecule has 0 spiro atoms. The molecule has 4 nitrogen and oxygen atoms in total. The number of carboxylic acid groups (broad SMARTS) is 1. The third kappa shape index (κ3) is 4.94. The average molecular weight is 118 g/mol. The van der Waals surface area contributed by atoms with Gasteiger partial charge in [-0.25, -0.2) is 4.79 Å². The zero-order chi connectivity index (χ0) is 6.41. The van der Waals surface area contributed by atoms with E-state index in [2.05, 4.69) is 4.74 Å². The number of hydrogen-bond donors (Lipinski definition) is 1. The minimum absolute atomic E-state index is 0.0428. The quantitative estimate of drug-likeness (QED) is 0.328. The highest BCUT2D eigenvalue weighted by molar-refractivity contribution is 5.57. The highest BCUT2D eigenvalue weighted by Gasteiger charge is 1.91. The van der Waals surface area contributed by atoms with Gasteiger partial charge in [-0.1, -0.05) is 0 Å². The summed E-state index contributed by atoms with van der Waals surface area (Å²) < 4.78 is 3.97. The fourth-order valence-corrected chi connectivity index (χ4v) is 0.194. The number of aldehydes is 1. The van der Waals surface area contributed by atoms with Crippen LogP contribution in [0.4, 0.5) is 4.79 Å². The Bertz CT molecular complexity index is 88.0. The van der Waals surface area contributed by atoms with Crippen molar-refractivity contribution in [1.82, 2.24) is 0 Å². The topological polar surface area (TPSA) is 63.6 Å². The highest BCUT2D eigenvalue weighted by Crippen LogP contribution is 1.77. The first-order valence-corrected chi connectivity index (χ1v) is 2.06. The van der Waals surface area contributed by atoms with E-state index < -0.39 is 6.16 Å². The largest absolute Gasteiger partial charge is 0.505 e. The molecule has 4 heteroatoms. The first kappa shape index (κ1) is 6.94. The van der Waals surface area contributed by atoms with Crippen LogP contribution in [0.3, 0.4) is 0 Å². The molecule has 0 radical (unpaired) electrons. The Balaban J connectivity index is 2.93. The maximum absolute atomic E-state index is 9.54. The number of ether oxygens (including phenoxy) is 1. The number of rotatable bonds is 3. The summed E-state index contributed by atoms with van der Waals surface area (Å²) in [6, 6.07) is 0. The Labute approximate surface area is 46.1 Å². The van der Waals surface area contributed by atoms with E-state index in [-0.39, 0.29) is 13.0 Å². The van der Waals surface area contributed by atoms with Crippen LogP contribution in [-0.4, -0.2) is 24.2 Å². The molecule has 0 saturated heterocycles. The first-order chi connectivity index (χ1) is 3.77. The third-order valence-corrected chi connectivity index (χ3v) is 0.461. The van der Waals surface area contributed by atoms with Gasteiger partial charge < -0.3 is 14.6 Å². The molecule has 0 aliphatic carbocycles.